The van der Waals surface area contributed by atoms with Crippen LogP contribution in [0, 0.1) is 0 Å². The maximum atomic E-state index is 12.6. The van der Waals surface area contributed by atoms with Crippen LogP contribution in [0.4, 0.5) is 13.2 Å². The van der Waals surface area contributed by atoms with E-state index in [2.05, 4.69) is 15.5 Å². The number of carbonyl (C=O) groups excluding carboxylic acids is 1. The number of alkyl halides is 3. The van der Waals surface area contributed by atoms with Gasteiger partial charge in [-0.25, -0.2) is 0 Å². The molecule has 0 spiro atoms. The van der Waals surface area contributed by atoms with Gasteiger partial charge in [0.25, 0.3) is 5.91 Å². The number of benzene rings is 2. The van der Waals surface area contributed by atoms with E-state index in [4.69, 9.17) is 16.1 Å². The second kappa shape index (κ2) is 7.79. The fraction of sp³-hybridized carbons (Fsp3) is 0.167. The molecule has 0 aliphatic carbocycles. The molecule has 9 heteroatoms. The van der Waals surface area contributed by atoms with E-state index in [-0.39, 0.29) is 30.6 Å². The molecule has 0 aliphatic rings. The van der Waals surface area contributed by atoms with Gasteiger partial charge in [0.2, 0.25) is 11.7 Å². The molecule has 1 N–H and O–H groups in total. The standard InChI is InChI=1S/C18H13ClF3N3O2/c19-14-4-2-1-3-13(14)17(26)23-10-9-15-24-16(25-27-15)11-5-7-12(8-6-11)18(20,21)22/h1-8H,9-10H2,(H,23,26). The number of hydrogen-bond donors (Lipinski definition) is 1. The Labute approximate surface area is 157 Å². The molecule has 140 valence electrons. The third kappa shape index (κ3) is 4.65. The van der Waals surface area contributed by atoms with E-state index < -0.39 is 11.7 Å². The van der Waals surface area contributed by atoms with Crippen molar-refractivity contribution in [1.29, 1.82) is 0 Å². The number of aromatic nitrogens is 2. The van der Waals surface area contributed by atoms with Gasteiger partial charge in [0.1, 0.15) is 0 Å². The number of nitrogens with zero attached hydrogens (tertiary/aromatic N) is 2. The zero-order valence-electron chi connectivity index (χ0n) is 13.8. The topological polar surface area (TPSA) is 68.0 Å². The summed E-state index contributed by atoms with van der Waals surface area (Å²) in [6, 6.07) is 11.1. The van der Waals surface area contributed by atoms with Gasteiger partial charge in [-0.1, -0.05) is 41.0 Å². The summed E-state index contributed by atoms with van der Waals surface area (Å²) in [6.45, 7) is 0.235. The minimum absolute atomic E-state index is 0.177. The van der Waals surface area contributed by atoms with E-state index in [1.165, 1.54) is 12.1 Å². The lowest BCUT2D eigenvalue weighted by Gasteiger charge is -2.05. The Balaban J connectivity index is 1.58. The number of carbonyl (C=O) groups is 1. The summed E-state index contributed by atoms with van der Waals surface area (Å²) in [5, 5.41) is 6.78. The summed E-state index contributed by atoms with van der Waals surface area (Å²) >= 11 is 5.95. The summed E-state index contributed by atoms with van der Waals surface area (Å²) < 4.78 is 42.8. The normalized spacial score (nSPS) is 11.4. The smallest absolute Gasteiger partial charge is 0.351 e. The summed E-state index contributed by atoms with van der Waals surface area (Å²) in [5.74, 6) is 0.101. The first-order valence-electron chi connectivity index (χ1n) is 7.87. The van der Waals surface area contributed by atoms with Crippen LogP contribution in [0.25, 0.3) is 11.4 Å². The van der Waals surface area contributed by atoms with Crippen molar-refractivity contribution >= 4 is 17.5 Å². The summed E-state index contributed by atoms with van der Waals surface area (Å²) in [4.78, 5) is 16.2. The molecule has 1 aromatic heterocycles. The van der Waals surface area contributed by atoms with Gasteiger partial charge in [0.15, 0.2) is 0 Å². The van der Waals surface area contributed by atoms with Crippen LogP contribution in [0.1, 0.15) is 21.8 Å². The molecule has 0 unspecified atom stereocenters. The van der Waals surface area contributed by atoms with Gasteiger partial charge >= 0.3 is 6.18 Å². The van der Waals surface area contributed by atoms with E-state index in [0.29, 0.717) is 16.1 Å². The predicted octanol–water partition coefficient (Wildman–Crippen LogP) is 4.38. The van der Waals surface area contributed by atoms with Gasteiger partial charge in [-0.3, -0.25) is 4.79 Å². The lowest BCUT2D eigenvalue weighted by atomic mass is 10.1. The van der Waals surface area contributed by atoms with E-state index in [1.807, 2.05) is 0 Å². The van der Waals surface area contributed by atoms with Crippen molar-refractivity contribution in [2.24, 2.45) is 0 Å². The molecular weight excluding hydrogens is 383 g/mol. The van der Waals surface area contributed by atoms with Crippen LogP contribution in [-0.2, 0) is 12.6 Å². The monoisotopic (exact) mass is 395 g/mol. The molecule has 5 nitrogen and oxygen atoms in total. The molecule has 0 aliphatic heterocycles. The van der Waals surface area contributed by atoms with Crippen LogP contribution in [0.3, 0.4) is 0 Å². The van der Waals surface area contributed by atoms with Crippen LogP contribution in [0.2, 0.25) is 5.02 Å². The van der Waals surface area contributed by atoms with Crippen molar-refractivity contribution in [3.8, 4) is 11.4 Å². The third-order valence-corrected chi connectivity index (χ3v) is 4.01. The molecule has 1 heterocycles. The Hall–Kier alpha value is -2.87. The van der Waals surface area contributed by atoms with E-state index in [1.54, 1.807) is 24.3 Å². The molecule has 27 heavy (non-hydrogen) atoms. The molecule has 0 fully saturated rings. The average molecular weight is 396 g/mol. The second-order valence-corrected chi connectivity index (χ2v) is 5.98. The van der Waals surface area contributed by atoms with Crippen molar-refractivity contribution in [2.45, 2.75) is 12.6 Å². The molecule has 3 aromatic rings. The van der Waals surface area contributed by atoms with E-state index >= 15 is 0 Å². The second-order valence-electron chi connectivity index (χ2n) is 5.57. The molecule has 2 aromatic carbocycles. The zero-order chi connectivity index (χ0) is 19.4. The summed E-state index contributed by atoms with van der Waals surface area (Å²) in [5.41, 5.74) is 0.00509. The van der Waals surface area contributed by atoms with Gasteiger partial charge in [-0.2, -0.15) is 18.2 Å². The largest absolute Gasteiger partial charge is 0.416 e. The Bertz CT molecular complexity index is 940. The van der Waals surface area contributed by atoms with E-state index in [0.717, 1.165) is 12.1 Å². The highest BCUT2D eigenvalue weighted by molar-refractivity contribution is 6.33. The lowest BCUT2D eigenvalue weighted by Crippen LogP contribution is -2.26. The Morgan fingerprint density at radius 1 is 1.11 bits per heavy atom. The highest BCUT2D eigenvalue weighted by atomic mass is 35.5. The molecule has 0 radical (unpaired) electrons. The van der Waals surface area contributed by atoms with Crippen LogP contribution >= 0.6 is 11.6 Å². The van der Waals surface area contributed by atoms with Crippen LogP contribution < -0.4 is 5.32 Å². The maximum absolute atomic E-state index is 12.6. The van der Waals surface area contributed by atoms with Crippen LogP contribution in [0.5, 0.6) is 0 Å². The molecule has 0 atom stereocenters. The van der Waals surface area contributed by atoms with Gasteiger partial charge < -0.3 is 9.84 Å². The van der Waals surface area contributed by atoms with Crippen molar-refractivity contribution in [1.82, 2.24) is 15.5 Å². The first kappa shape index (κ1) is 18.9. The summed E-state index contributed by atoms with van der Waals surface area (Å²) in [6.07, 6.45) is -4.13. The number of nitrogens with one attached hydrogen (secondary N) is 1. The Morgan fingerprint density at radius 2 is 1.81 bits per heavy atom. The molecular formula is C18H13ClF3N3O2. The number of amides is 1. The van der Waals surface area contributed by atoms with Gasteiger partial charge in [-0.05, 0) is 24.3 Å². The fourth-order valence-corrected chi connectivity index (χ4v) is 2.53. The van der Waals surface area contributed by atoms with Gasteiger partial charge in [-0.15, -0.1) is 0 Å². The van der Waals surface area contributed by atoms with Crippen molar-refractivity contribution in [3.63, 3.8) is 0 Å². The Morgan fingerprint density at radius 3 is 2.48 bits per heavy atom. The van der Waals surface area contributed by atoms with E-state index in [9.17, 15) is 18.0 Å². The van der Waals surface area contributed by atoms with Gasteiger partial charge in [0.05, 0.1) is 16.1 Å². The highest BCUT2D eigenvalue weighted by Crippen LogP contribution is 2.30. The lowest BCUT2D eigenvalue weighted by molar-refractivity contribution is -0.137. The summed E-state index contributed by atoms with van der Waals surface area (Å²) in [7, 11) is 0. The third-order valence-electron chi connectivity index (χ3n) is 3.68. The molecule has 0 saturated heterocycles. The quantitative estimate of drug-likeness (QED) is 0.696. The van der Waals surface area contributed by atoms with Crippen molar-refractivity contribution in [3.05, 3.63) is 70.6 Å². The minimum Gasteiger partial charge on any atom is -0.351 e. The maximum Gasteiger partial charge on any atom is 0.416 e. The average Bonchev–Trinajstić information content (AvgIpc) is 3.10. The Kier molecular flexibility index (Phi) is 5.46. The predicted molar refractivity (Wildman–Crippen MR) is 92.2 cm³/mol. The van der Waals surface area contributed by atoms with Crippen LogP contribution in [0.15, 0.2) is 53.1 Å². The number of hydrogen-bond acceptors (Lipinski definition) is 4. The number of rotatable bonds is 5. The van der Waals surface area contributed by atoms with Gasteiger partial charge in [0, 0.05) is 18.5 Å². The molecule has 0 bridgehead atoms. The first-order valence-corrected chi connectivity index (χ1v) is 8.25. The fourth-order valence-electron chi connectivity index (χ4n) is 2.31. The SMILES string of the molecule is O=C(NCCc1nc(-c2ccc(C(F)(F)F)cc2)no1)c1ccccc1Cl. The van der Waals surface area contributed by atoms with Crippen molar-refractivity contribution in [2.75, 3.05) is 6.54 Å². The zero-order valence-corrected chi connectivity index (χ0v) is 14.5. The molecule has 0 saturated carbocycles. The highest BCUT2D eigenvalue weighted by Gasteiger charge is 2.30. The number of halogens is 4. The first-order chi connectivity index (χ1) is 12.8. The van der Waals surface area contributed by atoms with Crippen molar-refractivity contribution < 1.29 is 22.5 Å². The van der Waals surface area contributed by atoms with Crippen LogP contribution in [-0.4, -0.2) is 22.6 Å². The minimum atomic E-state index is -4.40. The molecule has 1 amide bonds. The molecule has 3 rings (SSSR count).